The molecule has 1 aliphatic heterocycles. The van der Waals surface area contributed by atoms with Crippen LogP contribution in [0.4, 0.5) is 4.79 Å². The maximum absolute atomic E-state index is 12.4. The molecule has 0 N–H and O–H groups in total. The number of aryl methyl sites for hydroxylation is 1. The highest BCUT2D eigenvalue weighted by Crippen LogP contribution is 2.36. The minimum absolute atomic E-state index is 0.225. The number of nitrogens with zero attached hydrogens (tertiary/aromatic N) is 2. The van der Waals surface area contributed by atoms with Crippen LogP contribution < -0.4 is 0 Å². The van der Waals surface area contributed by atoms with Crippen LogP contribution in [0.5, 0.6) is 0 Å². The van der Waals surface area contributed by atoms with Gasteiger partial charge in [0.15, 0.2) is 0 Å². The van der Waals surface area contributed by atoms with E-state index < -0.39 is 0 Å². The average molecular weight is 338 g/mol. The van der Waals surface area contributed by atoms with Crippen LogP contribution in [0.15, 0.2) is 30.0 Å². The molecule has 4 nitrogen and oxygen atoms in total. The highest BCUT2D eigenvalue weighted by molar-refractivity contribution is 7.19. The Morgan fingerprint density at radius 3 is 2.88 bits per heavy atom. The van der Waals surface area contributed by atoms with Crippen molar-refractivity contribution in [2.24, 2.45) is 0 Å². The number of amides is 3. The molecule has 2 heterocycles. The Balaban J connectivity index is 1.79. The van der Waals surface area contributed by atoms with Gasteiger partial charge in [0.2, 0.25) is 0 Å². The third-order valence-corrected chi connectivity index (χ3v) is 5.86. The number of thiophene rings is 1. The second-order valence-electron chi connectivity index (χ2n) is 6.06. The van der Waals surface area contributed by atoms with Crippen LogP contribution in [-0.2, 0) is 11.2 Å². The molecule has 3 amide bonds. The van der Waals surface area contributed by atoms with E-state index in [1.165, 1.54) is 30.3 Å². The summed E-state index contributed by atoms with van der Waals surface area (Å²) in [5.74, 6) is -0.225. The van der Waals surface area contributed by atoms with Gasteiger partial charge in [-0.3, -0.25) is 14.6 Å². The first-order chi connectivity index (χ1) is 11.6. The predicted octanol–water partition coefficient (Wildman–Crippen LogP) is 4.12. The molecule has 1 aromatic carbocycles. The number of carbonyl (C=O) groups is 2. The second kappa shape index (κ2) is 5.60. The first-order valence-corrected chi connectivity index (χ1v) is 8.95. The maximum Gasteiger partial charge on any atom is 0.331 e. The molecule has 1 fully saturated rings. The third kappa shape index (κ3) is 2.19. The van der Waals surface area contributed by atoms with Crippen LogP contribution in [0.3, 0.4) is 0 Å². The monoisotopic (exact) mass is 338 g/mol. The van der Waals surface area contributed by atoms with E-state index in [9.17, 15) is 9.59 Å². The Labute approximate surface area is 144 Å². The summed E-state index contributed by atoms with van der Waals surface area (Å²) in [7, 11) is 1.65. The van der Waals surface area contributed by atoms with Crippen molar-refractivity contribution < 1.29 is 9.59 Å². The molecule has 1 aromatic heterocycles. The maximum atomic E-state index is 12.4. The van der Waals surface area contributed by atoms with E-state index in [2.05, 4.69) is 24.3 Å². The normalized spacial score (nSPS) is 19.0. The van der Waals surface area contributed by atoms with Gasteiger partial charge in [0.25, 0.3) is 5.91 Å². The number of fused-ring (bicyclic) bond motifs is 3. The summed E-state index contributed by atoms with van der Waals surface area (Å²) in [6.45, 7) is 2.20. The molecule has 0 unspecified atom stereocenters. The summed E-state index contributed by atoms with van der Waals surface area (Å²) in [6.07, 6.45) is 8.43. The van der Waals surface area contributed by atoms with Crippen LogP contribution in [0, 0.1) is 0 Å². The molecule has 1 aliphatic carbocycles. The SMILES string of the molecule is CCN1C(=O)/C(=C\c2ccc3sc4c(c3c2)C=CCC4)N(C)C1=O. The molecular weight excluding hydrogens is 320 g/mol. The lowest BCUT2D eigenvalue weighted by Crippen LogP contribution is -2.31. The minimum Gasteiger partial charge on any atom is -0.292 e. The number of hydrogen-bond acceptors (Lipinski definition) is 3. The minimum atomic E-state index is -0.259. The molecule has 0 saturated carbocycles. The van der Waals surface area contributed by atoms with E-state index in [1.54, 1.807) is 7.05 Å². The van der Waals surface area contributed by atoms with E-state index in [1.807, 2.05) is 30.4 Å². The topological polar surface area (TPSA) is 40.6 Å². The summed E-state index contributed by atoms with van der Waals surface area (Å²) < 4.78 is 1.27. The molecular formula is C19H18N2O2S. The number of imide groups is 1. The number of hydrogen-bond donors (Lipinski definition) is 0. The smallest absolute Gasteiger partial charge is 0.292 e. The van der Waals surface area contributed by atoms with Crippen LogP contribution in [-0.4, -0.2) is 35.3 Å². The summed E-state index contributed by atoms with van der Waals surface area (Å²) in [4.78, 5) is 28.6. The lowest BCUT2D eigenvalue weighted by molar-refractivity contribution is -0.122. The highest BCUT2D eigenvalue weighted by Gasteiger charge is 2.37. The third-order valence-electron chi connectivity index (χ3n) is 4.61. The first kappa shape index (κ1) is 15.1. The van der Waals surface area contributed by atoms with Crippen molar-refractivity contribution in [3.8, 4) is 0 Å². The van der Waals surface area contributed by atoms with E-state index >= 15 is 0 Å². The fourth-order valence-electron chi connectivity index (χ4n) is 3.31. The van der Waals surface area contributed by atoms with E-state index in [0.29, 0.717) is 12.2 Å². The number of carbonyl (C=O) groups excluding carboxylic acids is 2. The number of benzene rings is 1. The summed E-state index contributed by atoms with van der Waals surface area (Å²) in [5, 5.41) is 1.23. The number of allylic oxidation sites excluding steroid dienone is 1. The molecule has 2 aromatic rings. The van der Waals surface area contributed by atoms with Gasteiger partial charge in [0.05, 0.1) is 0 Å². The molecule has 1 saturated heterocycles. The molecule has 2 aliphatic rings. The standard InChI is InChI=1S/C19H18N2O2S/c1-3-21-18(22)15(20(2)19(21)23)11-12-8-9-17-14(10-12)13-6-4-5-7-16(13)24-17/h4,6,8-11H,3,5,7H2,1-2H3/b15-11+. The van der Waals surface area contributed by atoms with E-state index in [0.717, 1.165) is 18.4 Å². The second-order valence-corrected chi connectivity index (χ2v) is 7.19. The zero-order chi connectivity index (χ0) is 16.8. The van der Waals surface area contributed by atoms with Crippen molar-refractivity contribution in [3.05, 3.63) is 46.0 Å². The Hall–Kier alpha value is -2.40. The predicted molar refractivity (Wildman–Crippen MR) is 97.7 cm³/mol. The molecule has 0 radical (unpaired) electrons. The van der Waals surface area contributed by atoms with Crippen molar-refractivity contribution in [1.82, 2.24) is 9.80 Å². The van der Waals surface area contributed by atoms with E-state index in [-0.39, 0.29) is 11.9 Å². The van der Waals surface area contributed by atoms with Gasteiger partial charge in [-0.2, -0.15) is 0 Å². The van der Waals surface area contributed by atoms with Gasteiger partial charge >= 0.3 is 6.03 Å². The van der Waals surface area contributed by atoms with Gasteiger partial charge in [-0.1, -0.05) is 18.2 Å². The van der Waals surface area contributed by atoms with Crippen molar-refractivity contribution in [2.45, 2.75) is 19.8 Å². The quantitative estimate of drug-likeness (QED) is 0.610. The molecule has 0 atom stereocenters. The zero-order valence-electron chi connectivity index (χ0n) is 13.7. The van der Waals surface area contributed by atoms with Gasteiger partial charge < -0.3 is 0 Å². The lowest BCUT2D eigenvalue weighted by atomic mass is 10.0. The highest BCUT2D eigenvalue weighted by atomic mass is 32.1. The van der Waals surface area contributed by atoms with E-state index in [4.69, 9.17) is 0 Å². The summed E-state index contributed by atoms with van der Waals surface area (Å²) in [5.41, 5.74) is 2.68. The zero-order valence-corrected chi connectivity index (χ0v) is 14.5. The summed E-state index contributed by atoms with van der Waals surface area (Å²) >= 11 is 1.85. The Kier molecular flexibility index (Phi) is 3.53. The van der Waals surface area contributed by atoms with Crippen molar-refractivity contribution in [2.75, 3.05) is 13.6 Å². The average Bonchev–Trinajstić information content (AvgIpc) is 3.05. The molecule has 0 bridgehead atoms. The fraction of sp³-hybridized carbons (Fsp3) is 0.263. The van der Waals surface area contributed by atoms with Crippen LogP contribution >= 0.6 is 11.3 Å². The molecule has 122 valence electrons. The molecule has 4 rings (SSSR count). The van der Waals surface area contributed by atoms with Gasteiger partial charge in [-0.05, 0) is 49.1 Å². The summed E-state index contributed by atoms with van der Waals surface area (Å²) in [6, 6.07) is 5.98. The number of likely N-dealkylation sites (N-methyl/N-ethyl adjacent to an activating group) is 2. The van der Waals surface area contributed by atoms with Gasteiger partial charge in [0.1, 0.15) is 5.70 Å². The number of urea groups is 1. The van der Waals surface area contributed by atoms with Gasteiger partial charge in [-0.15, -0.1) is 11.3 Å². The Morgan fingerprint density at radius 2 is 2.12 bits per heavy atom. The van der Waals surface area contributed by atoms with Gasteiger partial charge in [-0.25, -0.2) is 4.79 Å². The molecule has 0 spiro atoms. The van der Waals surface area contributed by atoms with Gasteiger partial charge in [0, 0.05) is 28.6 Å². The van der Waals surface area contributed by atoms with Crippen molar-refractivity contribution >= 4 is 45.5 Å². The lowest BCUT2D eigenvalue weighted by Gasteiger charge is -2.09. The van der Waals surface area contributed by atoms with Crippen molar-refractivity contribution in [1.29, 1.82) is 0 Å². The first-order valence-electron chi connectivity index (χ1n) is 8.13. The number of rotatable bonds is 2. The van der Waals surface area contributed by atoms with Crippen LogP contribution in [0.1, 0.15) is 29.3 Å². The largest absolute Gasteiger partial charge is 0.331 e. The van der Waals surface area contributed by atoms with Crippen LogP contribution in [0.2, 0.25) is 0 Å². The molecule has 24 heavy (non-hydrogen) atoms. The van der Waals surface area contributed by atoms with Crippen molar-refractivity contribution in [3.63, 3.8) is 0 Å². The Bertz CT molecular complexity index is 923. The van der Waals surface area contributed by atoms with Crippen LogP contribution in [0.25, 0.3) is 22.2 Å². The Morgan fingerprint density at radius 1 is 1.29 bits per heavy atom. The molecule has 5 heteroatoms. The fourth-order valence-corrected chi connectivity index (χ4v) is 4.50.